The van der Waals surface area contributed by atoms with Gasteiger partial charge in [0.05, 0.1) is 5.92 Å². The lowest BCUT2D eigenvalue weighted by molar-refractivity contribution is -0.274. The molecule has 0 bridgehead atoms. The molecule has 3 nitrogen and oxygen atoms in total. The second kappa shape index (κ2) is 10.2. The van der Waals surface area contributed by atoms with Crippen LogP contribution in [0.15, 0.2) is 78.7 Å². The van der Waals surface area contributed by atoms with Gasteiger partial charge in [-0.1, -0.05) is 55.5 Å². The molecule has 168 valence electrons. The molecule has 3 atom stereocenters. The summed E-state index contributed by atoms with van der Waals surface area (Å²) >= 11 is 1.46. The first kappa shape index (κ1) is 23.8. The molecule has 8 heteroatoms. The molecule has 0 fully saturated rings. The zero-order valence-corrected chi connectivity index (χ0v) is 17.8. The SMILES string of the molecule is CCSC(c1ccc(OC(F)(F)F)cc1)C1C=CC(F)=CC1C(=O)C(=O)c1ccccc1. The Morgan fingerprint density at radius 2 is 1.72 bits per heavy atom. The number of Topliss-reactive ketones (excluding diaryl/α,β-unsaturated/α-hetero) is 2. The van der Waals surface area contributed by atoms with Crippen molar-refractivity contribution < 1.29 is 31.9 Å². The molecule has 0 saturated heterocycles. The maximum absolute atomic E-state index is 14.1. The lowest BCUT2D eigenvalue weighted by Crippen LogP contribution is -2.32. The van der Waals surface area contributed by atoms with E-state index in [2.05, 4.69) is 4.74 Å². The summed E-state index contributed by atoms with van der Waals surface area (Å²) in [5.74, 6) is -3.39. The van der Waals surface area contributed by atoms with Gasteiger partial charge in [-0.2, -0.15) is 11.8 Å². The predicted molar refractivity (Wildman–Crippen MR) is 115 cm³/mol. The largest absolute Gasteiger partial charge is 0.573 e. The highest BCUT2D eigenvalue weighted by molar-refractivity contribution is 7.99. The number of carbonyl (C=O) groups is 2. The van der Waals surface area contributed by atoms with Crippen molar-refractivity contribution in [3.05, 3.63) is 89.8 Å². The molecule has 0 radical (unpaired) electrons. The van der Waals surface area contributed by atoms with Crippen molar-refractivity contribution >= 4 is 23.3 Å². The zero-order chi connectivity index (χ0) is 23.3. The van der Waals surface area contributed by atoms with Crippen LogP contribution in [0.5, 0.6) is 5.75 Å². The van der Waals surface area contributed by atoms with Gasteiger partial charge in [0.15, 0.2) is 0 Å². The van der Waals surface area contributed by atoms with Crippen molar-refractivity contribution in [3.8, 4) is 5.75 Å². The van der Waals surface area contributed by atoms with Gasteiger partial charge in [0, 0.05) is 16.7 Å². The highest BCUT2D eigenvalue weighted by Crippen LogP contribution is 2.44. The fraction of sp³-hybridized carbons (Fsp3) is 0.250. The van der Waals surface area contributed by atoms with E-state index in [4.69, 9.17) is 0 Å². The molecule has 0 amide bonds. The van der Waals surface area contributed by atoms with Crippen LogP contribution in [0.25, 0.3) is 0 Å². The van der Waals surface area contributed by atoms with Crippen molar-refractivity contribution in [2.24, 2.45) is 11.8 Å². The van der Waals surface area contributed by atoms with Crippen LogP contribution in [0, 0.1) is 11.8 Å². The number of halogens is 4. The number of hydrogen-bond donors (Lipinski definition) is 0. The molecule has 0 heterocycles. The van der Waals surface area contributed by atoms with E-state index in [9.17, 15) is 27.2 Å². The van der Waals surface area contributed by atoms with Gasteiger partial charge < -0.3 is 4.74 Å². The van der Waals surface area contributed by atoms with Crippen LogP contribution in [-0.4, -0.2) is 23.7 Å². The molecule has 0 aromatic heterocycles. The van der Waals surface area contributed by atoms with Crippen LogP contribution in [0.2, 0.25) is 0 Å². The Morgan fingerprint density at radius 3 is 2.31 bits per heavy atom. The van der Waals surface area contributed by atoms with E-state index in [1.807, 2.05) is 6.92 Å². The summed E-state index contributed by atoms with van der Waals surface area (Å²) in [6.45, 7) is 1.90. The van der Waals surface area contributed by atoms with Crippen molar-refractivity contribution in [3.63, 3.8) is 0 Å². The van der Waals surface area contributed by atoms with Gasteiger partial charge in [-0.25, -0.2) is 4.39 Å². The molecule has 0 spiro atoms. The first-order valence-corrected chi connectivity index (χ1v) is 10.9. The second-order valence-corrected chi connectivity index (χ2v) is 8.48. The highest BCUT2D eigenvalue weighted by atomic mass is 32.2. The fourth-order valence-corrected chi connectivity index (χ4v) is 4.74. The number of thioether (sulfide) groups is 1. The molecular weight excluding hydrogens is 444 g/mol. The number of carbonyl (C=O) groups excluding carboxylic acids is 2. The summed E-state index contributed by atoms with van der Waals surface area (Å²) in [7, 11) is 0. The quantitative estimate of drug-likeness (QED) is 0.255. The smallest absolute Gasteiger partial charge is 0.406 e. The molecule has 1 aliphatic rings. The van der Waals surface area contributed by atoms with Crippen molar-refractivity contribution in [1.82, 2.24) is 0 Å². The third-order valence-electron chi connectivity index (χ3n) is 4.93. The topological polar surface area (TPSA) is 43.4 Å². The van der Waals surface area contributed by atoms with Gasteiger partial charge in [-0.05, 0) is 35.6 Å². The van der Waals surface area contributed by atoms with Gasteiger partial charge in [0.1, 0.15) is 11.6 Å². The summed E-state index contributed by atoms with van der Waals surface area (Å²) in [5.41, 5.74) is 0.856. The van der Waals surface area contributed by atoms with Crippen LogP contribution in [-0.2, 0) is 4.79 Å². The molecule has 2 aromatic rings. The summed E-state index contributed by atoms with van der Waals surface area (Å²) in [6.07, 6.45) is -0.879. The Morgan fingerprint density at radius 1 is 1.06 bits per heavy atom. The number of rotatable bonds is 8. The first-order chi connectivity index (χ1) is 15.2. The number of ether oxygens (including phenoxy) is 1. The molecule has 32 heavy (non-hydrogen) atoms. The highest BCUT2D eigenvalue weighted by Gasteiger charge is 2.37. The van der Waals surface area contributed by atoms with Gasteiger partial charge in [0.2, 0.25) is 11.6 Å². The van der Waals surface area contributed by atoms with Gasteiger partial charge >= 0.3 is 6.36 Å². The van der Waals surface area contributed by atoms with Crippen LogP contribution in [0.1, 0.15) is 28.1 Å². The average molecular weight is 464 g/mol. The third kappa shape index (κ3) is 5.88. The second-order valence-electron chi connectivity index (χ2n) is 7.07. The Balaban J connectivity index is 1.90. The number of alkyl halides is 3. The lowest BCUT2D eigenvalue weighted by atomic mass is 9.79. The Kier molecular flexibility index (Phi) is 7.56. The van der Waals surface area contributed by atoms with E-state index < -0.39 is 40.8 Å². The summed E-state index contributed by atoms with van der Waals surface area (Å²) in [5, 5.41) is -0.391. The Bertz CT molecular complexity index is 1010. The van der Waals surface area contributed by atoms with E-state index in [1.165, 1.54) is 54.2 Å². The predicted octanol–water partition coefficient (Wildman–Crippen LogP) is 6.49. The van der Waals surface area contributed by atoms with Crippen LogP contribution >= 0.6 is 11.8 Å². The Hall–Kier alpha value is -2.87. The normalized spacial score (nSPS) is 19.2. The molecular formula is C24H20F4O3S. The maximum Gasteiger partial charge on any atom is 0.573 e. The van der Waals surface area contributed by atoms with Crippen molar-refractivity contribution in [1.29, 1.82) is 0 Å². The van der Waals surface area contributed by atoms with Gasteiger partial charge in [-0.15, -0.1) is 13.2 Å². The summed E-state index contributed by atoms with van der Waals surface area (Å²) in [4.78, 5) is 25.8. The molecule has 0 aliphatic heterocycles. The fourth-order valence-electron chi connectivity index (χ4n) is 3.55. The first-order valence-electron chi connectivity index (χ1n) is 9.86. The molecule has 1 aliphatic carbocycles. The van der Waals surface area contributed by atoms with E-state index in [-0.39, 0.29) is 11.3 Å². The van der Waals surface area contributed by atoms with Crippen LogP contribution < -0.4 is 4.74 Å². The number of ketones is 2. The van der Waals surface area contributed by atoms with E-state index in [1.54, 1.807) is 24.3 Å². The van der Waals surface area contributed by atoms with Gasteiger partial charge in [-0.3, -0.25) is 9.59 Å². The van der Waals surface area contributed by atoms with E-state index in [0.717, 1.165) is 6.08 Å². The third-order valence-corrected chi connectivity index (χ3v) is 6.21. The molecule has 3 rings (SSSR count). The van der Waals surface area contributed by atoms with Crippen molar-refractivity contribution in [2.45, 2.75) is 18.5 Å². The minimum absolute atomic E-state index is 0.216. The molecule has 2 aromatic carbocycles. The zero-order valence-electron chi connectivity index (χ0n) is 17.0. The molecule has 0 N–H and O–H groups in total. The minimum Gasteiger partial charge on any atom is -0.406 e. The lowest BCUT2D eigenvalue weighted by Gasteiger charge is -2.31. The summed E-state index contributed by atoms with van der Waals surface area (Å²) in [6, 6.07) is 13.4. The van der Waals surface area contributed by atoms with Crippen molar-refractivity contribution in [2.75, 3.05) is 5.75 Å². The van der Waals surface area contributed by atoms with E-state index >= 15 is 0 Å². The monoisotopic (exact) mass is 464 g/mol. The maximum atomic E-state index is 14.1. The molecule has 0 saturated carbocycles. The summed E-state index contributed by atoms with van der Waals surface area (Å²) < 4.78 is 55.4. The standard InChI is InChI=1S/C24H20F4O3S/c1-2-32-23(16-8-11-18(12-9-16)31-24(26,27)28)19-13-10-17(25)14-20(19)22(30)21(29)15-6-4-3-5-7-15/h3-14,19-20,23H,2H2,1H3. The van der Waals surface area contributed by atoms with E-state index in [0.29, 0.717) is 11.3 Å². The molecule has 3 unspecified atom stereocenters. The number of hydrogen-bond acceptors (Lipinski definition) is 4. The number of allylic oxidation sites excluding steroid dienone is 4. The number of benzene rings is 2. The van der Waals surface area contributed by atoms with Crippen LogP contribution in [0.4, 0.5) is 17.6 Å². The van der Waals surface area contributed by atoms with Gasteiger partial charge in [0.25, 0.3) is 0 Å². The van der Waals surface area contributed by atoms with Crippen LogP contribution in [0.3, 0.4) is 0 Å². The Labute approximate surface area is 187 Å². The minimum atomic E-state index is -4.80. The average Bonchev–Trinajstić information content (AvgIpc) is 2.77.